The average molecular weight is 289 g/mol. The number of carbonyl (C=O) groups excluding carboxylic acids is 1. The standard InChI is InChI=1S/C16H16FNO3/c1-9(2)14(16(20)21)18-15(19)12-7-8-13(17)11-6-4-3-5-10(11)12/h3-9,14H,1-2H3,(H,18,19)(H,20,21)/t14-/m0/s1. The molecule has 0 aliphatic carbocycles. The van der Waals surface area contributed by atoms with Crippen LogP contribution in [0.5, 0.6) is 0 Å². The highest BCUT2D eigenvalue weighted by Crippen LogP contribution is 2.22. The SMILES string of the molecule is CC(C)[C@H](NC(=O)c1ccc(F)c2ccccc12)C(=O)O. The molecule has 0 saturated carbocycles. The second kappa shape index (κ2) is 5.91. The van der Waals surface area contributed by atoms with Gasteiger partial charge in [-0.25, -0.2) is 9.18 Å². The van der Waals surface area contributed by atoms with Gasteiger partial charge in [-0.1, -0.05) is 38.1 Å². The number of fused-ring (bicyclic) bond motifs is 1. The molecule has 0 aromatic heterocycles. The molecule has 0 fully saturated rings. The highest BCUT2D eigenvalue weighted by molar-refractivity contribution is 6.08. The fourth-order valence-electron chi connectivity index (χ4n) is 2.19. The van der Waals surface area contributed by atoms with E-state index in [9.17, 15) is 14.0 Å². The number of rotatable bonds is 4. The van der Waals surface area contributed by atoms with Crippen molar-refractivity contribution in [2.24, 2.45) is 5.92 Å². The number of aliphatic carboxylic acids is 1. The minimum Gasteiger partial charge on any atom is -0.480 e. The molecule has 2 aromatic carbocycles. The summed E-state index contributed by atoms with van der Waals surface area (Å²) in [6.07, 6.45) is 0. The topological polar surface area (TPSA) is 66.4 Å². The highest BCUT2D eigenvalue weighted by atomic mass is 19.1. The number of halogens is 1. The molecule has 0 bridgehead atoms. The van der Waals surface area contributed by atoms with E-state index >= 15 is 0 Å². The summed E-state index contributed by atoms with van der Waals surface area (Å²) in [5.74, 6) is -2.28. The normalized spacial score (nSPS) is 12.4. The lowest BCUT2D eigenvalue weighted by Gasteiger charge is -2.18. The van der Waals surface area contributed by atoms with Gasteiger partial charge in [-0.05, 0) is 23.4 Å². The molecule has 21 heavy (non-hydrogen) atoms. The van der Waals surface area contributed by atoms with E-state index in [2.05, 4.69) is 5.32 Å². The van der Waals surface area contributed by atoms with E-state index in [1.54, 1.807) is 38.1 Å². The van der Waals surface area contributed by atoms with E-state index in [1.807, 2.05) is 0 Å². The molecule has 0 radical (unpaired) electrons. The molecule has 0 saturated heterocycles. The van der Waals surface area contributed by atoms with Crippen LogP contribution >= 0.6 is 0 Å². The van der Waals surface area contributed by atoms with Crippen LogP contribution in [0.3, 0.4) is 0 Å². The largest absolute Gasteiger partial charge is 0.480 e. The molecule has 110 valence electrons. The first-order valence-corrected chi connectivity index (χ1v) is 6.62. The summed E-state index contributed by atoms with van der Waals surface area (Å²) < 4.78 is 13.7. The number of amides is 1. The Morgan fingerprint density at radius 1 is 1.10 bits per heavy atom. The van der Waals surface area contributed by atoms with Gasteiger partial charge in [0.2, 0.25) is 0 Å². The zero-order chi connectivity index (χ0) is 15.6. The van der Waals surface area contributed by atoms with Crippen LogP contribution in [0.15, 0.2) is 36.4 Å². The van der Waals surface area contributed by atoms with Crippen molar-refractivity contribution in [2.45, 2.75) is 19.9 Å². The second-order valence-corrected chi connectivity index (χ2v) is 5.17. The molecule has 0 unspecified atom stereocenters. The van der Waals surface area contributed by atoms with Gasteiger partial charge in [0, 0.05) is 10.9 Å². The summed E-state index contributed by atoms with van der Waals surface area (Å²) in [6, 6.07) is 8.20. The van der Waals surface area contributed by atoms with Gasteiger partial charge in [0.15, 0.2) is 0 Å². The van der Waals surface area contributed by atoms with E-state index in [1.165, 1.54) is 12.1 Å². The van der Waals surface area contributed by atoms with Gasteiger partial charge in [0.05, 0.1) is 0 Å². The summed E-state index contributed by atoms with van der Waals surface area (Å²) in [4.78, 5) is 23.4. The summed E-state index contributed by atoms with van der Waals surface area (Å²) in [6.45, 7) is 3.42. The number of hydrogen-bond acceptors (Lipinski definition) is 2. The van der Waals surface area contributed by atoms with Crippen LogP contribution in [0.2, 0.25) is 0 Å². The Morgan fingerprint density at radius 2 is 1.71 bits per heavy atom. The van der Waals surface area contributed by atoms with E-state index in [0.29, 0.717) is 10.8 Å². The maximum atomic E-state index is 13.7. The third-order valence-corrected chi connectivity index (χ3v) is 3.33. The lowest BCUT2D eigenvalue weighted by molar-refractivity contribution is -0.140. The van der Waals surface area contributed by atoms with Gasteiger partial charge in [-0.2, -0.15) is 0 Å². The predicted molar refractivity (Wildman–Crippen MR) is 77.6 cm³/mol. The van der Waals surface area contributed by atoms with E-state index in [0.717, 1.165) is 0 Å². The van der Waals surface area contributed by atoms with Crippen molar-refractivity contribution in [3.8, 4) is 0 Å². The minimum atomic E-state index is -1.09. The van der Waals surface area contributed by atoms with Gasteiger partial charge < -0.3 is 10.4 Å². The van der Waals surface area contributed by atoms with Crippen molar-refractivity contribution in [3.05, 3.63) is 47.8 Å². The van der Waals surface area contributed by atoms with E-state index in [-0.39, 0.29) is 11.5 Å². The van der Waals surface area contributed by atoms with Crippen LogP contribution in [0, 0.1) is 11.7 Å². The summed E-state index contributed by atoms with van der Waals surface area (Å²) in [7, 11) is 0. The molecule has 0 heterocycles. The monoisotopic (exact) mass is 289 g/mol. The van der Waals surface area contributed by atoms with Crippen LogP contribution in [-0.4, -0.2) is 23.0 Å². The fourth-order valence-corrected chi connectivity index (χ4v) is 2.19. The zero-order valence-corrected chi connectivity index (χ0v) is 11.8. The Hall–Kier alpha value is -2.43. The number of carboxylic acids is 1. The van der Waals surface area contributed by atoms with Gasteiger partial charge in [0.1, 0.15) is 11.9 Å². The van der Waals surface area contributed by atoms with Gasteiger partial charge in [-0.15, -0.1) is 0 Å². The number of hydrogen-bond donors (Lipinski definition) is 2. The van der Waals surface area contributed by atoms with Gasteiger partial charge >= 0.3 is 5.97 Å². The fraction of sp³-hybridized carbons (Fsp3) is 0.250. The lowest BCUT2D eigenvalue weighted by atomic mass is 10.0. The molecule has 5 heteroatoms. The molecule has 2 rings (SSSR count). The van der Waals surface area contributed by atoms with Crippen LogP contribution in [0.4, 0.5) is 4.39 Å². The molecule has 0 aliphatic rings. The maximum Gasteiger partial charge on any atom is 0.326 e. The Bertz CT molecular complexity index is 697. The Kier molecular flexibility index (Phi) is 4.21. The minimum absolute atomic E-state index is 0.252. The summed E-state index contributed by atoms with van der Waals surface area (Å²) >= 11 is 0. The smallest absolute Gasteiger partial charge is 0.326 e. The Morgan fingerprint density at radius 3 is 2.29 bits per heavy atom. The van der Waals surface area contributed by atoms with Crippen molar-refractivity contribution < 1.29 is 19.1 Å². The maximum absolute atomic E-state index is 13.7. The number of carboxylic acid groups (broad SMARTS) is 1. The number of nitrogens with one attached hydrogen (secondary N) is 1. The van der Waals surface area contributed by atoms with Crippen molar-refractivity contribution in [3.63, 3.8) is 0 Å². The van der Waals surface area contributed by atoms with Gasteiger partial charge in [0.25, 0.3) is 5.91 Å². The average Bonchev–Trinajstić information content (AvgIpc) is 2.44. The van der Waals surface area contributed by atoms with E-state index in [4.69, 9.17) is 5.11 Å². The van der Waals surface area contributed by atoms with Crippen molar-refractivity contribution in [2.75, 3.05) is 0 Å². The number of carbonyl (C=O) groups is 2. The molecule has 1 atom stereocenters. The third kappa shape index (κ3) is 3.02. The van der Waals surface area contributed by atoms with Crippen LogP contribution in [0.1, 0.15) is 24.2 Å². The molecule has 2 aromatic rings. The zero-order valence-electron chi connectivity index (χ0n) is 11.8. The summed E-state index contributed by atoms with van der Waals surface area (Å²) in [5.41, 5.74) is 0.263. The first-order chi connectivity index (χ1) is 9.91. The number of benzene rings is 2. The molecule has 4 nitrogen and oxygen atoms in total. The molecule has 0 spiro atoms. The molecule has 1 amide bonds. The highest BCUT2D eigenvalue weighted by Gasteiger charge is 2.24. The second-order valence-electron chi connectivity index (χ2n) is 5.17. The Balaban J connectivity index is 2.40. The van der Waals surface area contributed by atoms with Crippen LogP contribution < -0.4 is 5.32 Å². The molecular formula is C16H16FNO3. The van der Waals surface area contributed by atoms with Crippen LogP contribution in [0.25, 0.3) is 10.8 Å². The molecule has 2 N–H and O–H groups in total. The van der Waals surface area contributed by atoms with Crippen molar-refractivity contribution in [1.82, 2.24) is 5.32 Å². The van der Waals surface area contributed by atoms with Crippen LogP contribution in [-0.2, 0) is 4.79 Å². The Labute approximate surface area is 121 Å². The third-order valence-electron chi connectivity index (χ3n) is 3.33. The first kappa shape index (κ1) is 15.0. The van der Waals surface area contributed by atoms with E-state index < -0.39 is 23.7 Å². The molecule has 0 aliphatic heterocycles. The lowest BCUT2D eigenvalue weighted by Crippen LogP contribution is -2.44. The first-order valence-electron chi connectivity index (χ1n) is 6.62. The molecular weight excluding hydrogens is 273 g/mol. The quantitative estimate of drug-likeness (QED) is 0.909. The van der Waals surface area contributed by atoms with Crippen molar-refractivity contribution >= 4 is 22.6 Å². The van der Waals surface area contributed by atoms with Gasteiger partial charge in [-0.3, -0.25) is 4.79 Å². The predicted octanol–water partition coefficient (Wildman–Crippen LogP) is 2.82. The summed E-state index contributed by atoms with van der Waals surface area (Å²) in [5, 5.41) is 12.4. The van der Waals surface area contributed by atoms with Crippen molar-refractivity contribution in [1.29, 1.82) is 0 Å².